The van der Waals surface area contributed by atoms with Crippen molar-refractivity contribution in [2.24, 2.45) is 0 Å². The number of aryl methyl sites for hydroxylation is 1. The molecule has 0 aliphatic carbocycles. The number of benzene rings is 1. The fourth-order valence-electron chi connectivity index (χ4n) is 2.36. The SMILES string of the molecule is CCC(=O)NCc1cnc(-c2ccc(F)cc2)cc1-n1nnnc1C. The van der Waals surface area contributed by atoms with Crippen LogP contribution < -0.4 is 5.32 Å². The minimum absolute atomic E-state index is 0.0537. The molecule has 7 nitrogen and oxygen atoms in total. The summed E-state index contributed by atoms with van der Waals surface area (Å²) in [6, 6.07) is 7.91. The Balaban J connectivity index is 2.02. The van der Waals surface area contributed by atoms with E-state index in [4.69, 9.17) is 0 Å². The fraction of sp³-hybridized carbons (Fsp3) is 0.235. The molecule has 8 heteroatoms. The number of amides is 1. The predicted octanol–water partition coefficient (Wildman–Crippen LogP) is 2.20. The molecule has 3 aromatic rings. The van der Waals surface area contributed by atoms with E-state index in [1.165, 1.54) is 12.1 Å². The van der Waals surface area contributed by atoms with Crippen molar-refractivity contribution in [3.63, 3.8) is 0 Å². The molecule has 3 rings (SSSR count). The molecule has 0 aliphatic heterocycles. The molecule has 0 radical (unpaired) electrons. The summed E-state index contributed by atoms with van der Waals surface area (Å²) in [5.41, 5.74) is 2.93. The second-order valence-electron chi connectivity index (χ2n) is 5.47. The van der Waals surface area contributed by atoms with Gasteiger partial charge in [-0.05, 0) is 47.7 Å². The lowest BCUT2D eigenvalue weighted by atomic mass is 10.1. The molecular weight excluding hydrogens is 323 g/mol. The van der Waals surface area contributed by atoms with Gasteiger partial charge in [-0.15, -0.1) is 5.10 Å². The highest BCUT2D eigenvalue weighted by molar-refractivity contribution is 5.75. The lowest BCUT2D eigenvalue weighted by Crippen LogP contribution is -2.22. The molecule has 0 spiro atoms. The van der Waals surface area contributed by atoms with Crippen LogP contribution in [0.2, 0.25) is 0 Å². The van der Waals surface area contributed by atoms with Gasteiger partial charge in [-0.25, -0.2) is 4.39 Å². The van der Waals surface area contributed by atoms with E-state index in [1.54, 1.807) is 36.9 Å². The van der Waals surface area contributed by atoms with Gasteiger partial charge in [0.05, 0.1) is 11.4 Å². The number of carbonyl (C=O) groups is 1. The van der Waals surface area contributed by atoms with E-state index in [2.05, 4.69) is 25.8 Å². The zero-order valence-corrected chi connectivity index (χ0v) is 13.9. The van der Waals surface area contributed by atoms with Crippen LogP contribution >= 0.6 is 0 Å². The molecule has 0 saturated carbocycles. The first-order valence-electron chi connectivity index (χ1n) is 7.85. The molecule has 1 N–H and O–H groups in total. The van der Waals surface area contributed by atoms with Gasteiger partial charge in [0.2, 0.25) is 5.91 Å². The van der Waals surface area contributed by atoms with Gasteiger partial charge in [0.15, 0.2) is 5.82 Å². The number of pyridine rings is 1. The topological polar surface area (TPSA) is 85.6 Å². The molecule has 0 fully saturated rings. The summed E-state index contributed by atoms with van der Waals surface area (Å²) in [5, 5.41) is 14.4. The maximum atomic E-state index is 13.1. The first kappa shape index (κ1) is 16.7. The Morgan fingerprint density at radius 2 is 2.04 bits per heavy atom. The summed E-state index contributed by atoms with van der Waals surface area (Å²) in [4.78, 5) is 16.0. The van der Waals surface area contributed by atoms with Crippen molar-refractivity contribution in [1.29, 1.82) is 0 Å². The molecule has 25 heavy (non-hydrogen) atoms. The number of carbonyl (C=O) groups excluding carboxylic acids is 1. The Hall–Kier alpha value is -3.16. The van der Waals surface area contributed by atoms with Crippen molar-refractivity contribution in [1.82, 2.24) is 30.5 Å². The number of hydrogen-bond donors (Lipinski definition) is 1. The number of rotatable bonds is 5. The van der Waals surface area contributed by atoms with Gasteiger partial charge in [-0.1, -0.05) is 6.92 Å². The summed E-state index contributed by atoms with van der Waals surface area (Å²) < 4.78 is 14.7. The highest BCUT2D eigenvalue weighted by Crippen LogP contribution is 2.23. The summed E-state index contributed by atoms with van der Waals surface area (Å²) >= 11 is 0. The van der Waals surface area contributed by atoms with Crippen molar-refractivity contribution >= 4 is 5.91 Å². The summed E-state index contributed by atoms with van der Waals surface area (Å²) in [6.45, 7) is 3.89. The summed E-state index contributed by atoms with van der Waals surface area (Å²) in [5.74, 6) is 0.250. The molecule has 1 aromatic carbocycles. The van der Waals surface area contributed by atoms with E-state index < -0.39 is 0 Å². The van der Waals surface area contributed by atoms with E-state index >= 15 is 0 Å². The smallest absolute Gasteiger partial charge is 0.219 e. The summed E-state index contributed by atoms with van der Waals surface area (Å²) in [7, 11) is 0. The van der Waals surface area contributed by atoms with Crippen LogP contribution in [0.5, 0.6) is 0 Å². The second-order valence-corrected chi connectivity index (χ2v) is 5.47. The van der Waals surface area contributed by atoms with Crippen LogP contribution in [-0.2, 0) is 11.3 Å². The lowest BCUT2D eigenvalue weighted by molar-refractivity contribution is -0.120. The fourth-order valence-corrected chi connectivity index (χ4v) is 2.36. The number of nitrogens with zero attached hydrogens (tertiary/aromatic N) is 5. The highest BCUT2D eigenvalue weighted by atomic mass is 19.1. The first-order chi connectivity index (χ1) is 12.1. The van der Waals surface area contributed by atoms with Gasteiger partial charge in [-0.3, -0.25) is 9.78 Å². The van der Waals surface area contributed by atoms with Crippen LogP contribution in [0.3, 0.4) is 0 Å². The van der Waals surface area contributed by atoms with Crippen LogP contribution in [-0.4, -0.2) is 31.1 Å². The van der Waals surface area contributed by atoms with Crippen molar-refractivity contribution in [3.05, 3.63) is 53.7 Å². The van der Waals surface area contributed by atoms with E-state index in [-0.39, 0.29) is 11.7 Å². The Kier molecular flexibility index (Phi) is 4.78. The Bertz CT molecular complexity index is 890. The minimum Gasteiger partial charge on any atom is -0.352 e. The van der Waals surface area contributed by atoms with Crippen LogP contribution in [0, 0.1) is 12.7 Å². The van der Waals surface area contributed by atoms with Crippen molar-refractivity contribution in [2.75, 3.05) is 0 Å². The van der Waals surface area contributed by atoms with Gasteiger partial charge in [0.25, 0.3) is 0 Å². The Morgan fingerprint density at radius 3 is 2.68 bits per heavy atom. The predicted molar refractivity (Wildman–Crippen MR) is 89.2 cm³/mol. The number of aromatic nitrogens is 5. The third-order valence-corrected chi connectivity index (χ3v) is 3.75. The maximum Gasteiger partial charge on any atom is 0.219 e. The summed E-state index contributed by atoms with van der Waals surface area (Å²) in [6.07, 6.45) is 2.07. The van der Waals surface area contributed by atoms with Gasteiger partial charge >= 0.3 is 0 Å². The monoisotopic (exact) mass is 340 g/mol. The molecule has 2 heterocycles. The average Bonchev–Trinajstić information content (AvgIpc) is 3.06. The Labute approximate surface area is 143 Å². The third kappa shape index (κ3) is 3.68. The maximum absolute atomic E-state index is 13.1. The van der Waals surface area contributed by atoms with Crippen molar-refractivity contribution < 1.29 is 9.18 Å². The number of nitrogens with one attached hydrogen (secondary N) is 1. The minimum atomic E-state index is -0.306. The van der Waals surface area contributed by atoms with Gasteiger partial charge < -0.3 is 5.32 Å². The zero-order valence-electron chi connectivity index (χ0n) is 13.9. The van der Waals surface area contributed by atoms with Gasteiger partial charge in [0, 0.05) is 30.3 Å². The van der Waals surface area contributed by atoms with Gasteiger partial charge in [-0.2, -0.15) is 4.68 Å². The van der Waals surface area contributed by atoms with Gasteiger partial charge in [0.1, 0.15) is 5.82 Å². The van der Waals surface area contributed by atoms with Crippen LogP contribution in [0.15, 0.2) is 36.5 Å². The first-order valence-corrected chi connectivity index (χ1v) is 7.85. The largest absolute Gasteiger partial charge is 0.352 e. The lowest BCUT2D eigenvalue weighted by Gasteiger charge is -2.12. The molecule has 0 saturated heterocycles. The van der Waals surface area contributed by atoms with Crippen LogP contribution in [0.4, 0.5) is 4.39 Å². The number of halogens is 1. The normalized spacial score (nSPS) is 10.7. The highest BCUT2D eigenvalue weighted by Gasteiger charge is 2.13. The molecule has 0 aliphatic rings. The third-order valence-electron chi connectivity index (χ3n) is 3.75. The van der Waals surface area contributed by atoms with Crippen LogP contribution in [0.25, 0.3) is 16.9 Å². The molecule has 128 valence electrons. The van der Waals surface area contributed by atoms with Crippen LogP contribution in [0.1, 0.15) is 24.7 Å². The quantitative estimate of drug-likeness (QED) is 0.769. The molecule has 0 atom stereocenters. The number of hydrogen-bond acceptors (Lipinski definition) is 5. The van der Waals surface area contributed by atoms with Crippen molar-refractivity contribution in [2.45, 2.75) is 26.8 Å². The van der Waals surface area contributed by atoms with E-state index in [9.17, 15) is 9.18 Å². The number of tetrazole rings is 1. The average molecular weight is 340 g/mol. The van der Waals surface area contributed by atoms with E-state index in [0.717, 1.165) is 11.1 Å². The molecule has 0 bridgehead atoms. The molecular formula is C17H17FN6O. The molecule has 2 aromatic heterocycles. The molecule has 0 unspecified atom stereocenters. The zero-order chi connectivity index (χ0) is 17.8. The second kappa shape index (κ2) is 7.16. The van der Waals surface area contributed by atoms with E-state index in [1.807, 2.05) is 6.07 Å². The van der Waals surface area contributed by atoms with Crippen molar-refractivity contribution in [3.8, 4) is 16.9 Å². The van der Waals surface area contributed by atoms with E-state index in [0.29, 0.717) is 30.2 Å². The standard InChI is InChI=1S/C17H17FN6O/c1-3-17(25)20-10-13-9-19-15(12-4-6-14(18)7-5-12)8-16(13)24-11(2)21-22-23-24/h4-9H,3,10H2,1-2H3,(H,20,25). The molecule has 1 amide bonds. The Morgan fingerprint density at radius 1 is 1.28 bits per heavy atom.